The van der Waals surface area contributed by atoms with Crippen LogP contribution in [0.4, 0.5) is 5.69 Å². The largest absolute Gasteiger partial charge is 0.496 e. The summed E-state index contributed by atoms with van der Waals surface area (Å²) in [6.45, 7) is 2.42. The molecule has 1 amide bonds. The van der Waals surface area contributed by atoms with E-state index in [1.165, 1.54) is 7.11 Å². The fraction of sp³-hybridized carbons (Fsp3) is 0.500. The van der Waals surface area contributed by atoms with Crippen LogP contribution in [0, 0.1) is 0 Å². The van der Waals surface area contributed by atoms with Crippen molar-refractivity contribution in [1.82, 2.24) is 5.32 Å². The number of rotatable bonds is 4. The van der Waals surface area contributed by atoms with E-state index in [0.717, 1.165) is 0 Å². The zero-order chi connectivity index (χ0) is 14.8. The Morgan fingerprint density at radius 3 is 3.00 bits per heavy atom. The summed E-state index contributed by atoms with van der Waals surface area (Å²) in [5.74, 6) is 0.112. The molecule has 20 heavy (non-hydrogen) atoms. The molecule has 1 fully saturated rings. The third kappa shape index (κ3) is 2.86. The molecule has 1 heterocycles. The maximum absolute atomic E-state index is 12.2. The van der Waals surface area contributed by atoms with Crippen LogP contribution in [0.25, 0.3) is 0 Å². The Labute approximate surface area is 117 Å². The first-order valence-corrected chi connectivity index (χ1v) is 6.52. The van der Waals surface area contributed by atoms with Crippen LogP contribution in [0.15, 0.2) is 18.2 Å². The summed E-state index contributed by atoms with van der Waals surface area (Å²) in [5, 5.41) is 13.1. The van der Waals surface area contributed by atoms with Gasteiger partial charge < -0.3 is 25.6 Å². The van der Waals surface area contributed by atoms with Crippen molar-refractivity contribution >= 4 is 11.6 Å². The highest BCUT2D eigenvalue weighted by Gasteiger charge is 2.39. The second kappa shape index (κ2) is 5.68. The number of carbonyl (C=O) groups is 1. The topological polar surface area (TPSA) is 93.8 Å². The first kappa shape index (κ1) is 14.6. The van der Waals surface area contributed by atoms with Gasteiger partial charge in [-0.2, -0.15) is 0 Å². The lowest BCUT2D eigenvalue weighted by Gasteiger charge is -2.26. The number of benzene rings is 1. The molecule has 4 N–H and O–H groups in total. The number of nitrogen functional groups attached to an aromatic ring is 1. The summed E-state index contributed by atoms with van der Waals surface area (Å²) in [6, 6.07) is 4.85. The van der Waals surface area contributed by atoms with Crippen LogP contribution >= 0.6 is 0 Å². The Morgan fingerprint density at radius 1 is 1.65 bits per heavy atom. The van der Waals surface area contributed by atoms with Crippen molar-refractivity contribution in [3.8, 4) is 5.75 Å². The predicted molar refractivity (Wildman–Crippen MR) is 74.7 cm³/mol. The number of carbonyl (C=O) groups excluding carboxylic acids is 1. The summed E-state index contributed by atoms with van der Waals surface area (Å²) >= 11 is 0. The lowest BCUT2D eigenvalue weighted by Crippen LogP contribution is -2.47. The number of amides is 1. The van der Waals surface area contributed by atoms with Gasteiger partial charge in [0.25, 0.3) is 5.91 Å². The predicted octanol–water partition coefficient (Wildman–Crippen LogP) is 0.547. The fourth-order valence-electron chi connectivity index (χ4n) is 2.23. The molecule has 6 nitrogen and oxygen atoms in total. The van der Waals surface area contributed by atoms with E-state index < -0.39 is 5.60 Å². The molecule has 1 aromatic rings. The molecule has 1 saturated heterocycles. The minimum Gasteiger partial charge on any atom is -0.496 e. The second-order valence-electron chi connectivity index (χ2n) is 5.01. The number of anilines is 1. The quantitative estimate of drug-likeness (QED) is 0.700. The zero-order valence-electron chi connectivity index (χ0n) is 11.7. The standard InChI is InChI=1S/C14H20N2O4/c1-9-14(18,5-6-20-9)8-16-13(17)11-7-10(15)3-4-12(11)19-2/h3-4,7,9,18H,5-6,8,15H2,1-2H3,(H,16,17). The molecule has 1 aromatic carbocycles. The molecule has 0 saturated carbocycles. The summed E-state index contributed by atoms with van der Waals surface area (Å²) < 4.78 is 10.5. The summed E-state index contributed by atoms with van der Waals surface area (Å²) in [6.07, 6.45) is 0.202. The lowest BCUT2D eigenvalue weighted by molar-refractivity contribution is -0.0251. The van der Waals surface area contributed by atoms with Crippen molar-refractivity contribution in [1.29, 1.82) is 0 Å². The van der Waals surface area contributed by atoms with Crippen molar-refractivity contribution in [3.05, 3.63) is 23.8 Å². The molecule has 2 unspecified atom stereocenters. The minimum absolute atomic E-state index is 0.130. The molecular weight excluding hydrogens is 260 g/mol. The Kier molecular flexibility index (Phi) is 4.15. The third-order valence-corrected chi connectivity index (χ3v) is 3.68. The normalized spacial score (nSPS) is 25.4. The maximum atomic E-state index is 12.2. The zero-order valence-corrected chi connectivity index (χ0v) is 11.7. The highest BCUT2D eigenvalue weighted by molar-refractivity contribution is 5.97. The molecule has 1 aliphatic rings. The van der Waals surface area contributed by atoms with Crippen LogP contribution in [0.5, 0.6) is 5.75 Å². The van der Waals surface area contributed by atoms with Crippen molar-refractivity contribution in [3.63, 3.8) is 0 Å². The molecule has 0 radical (unpaired) electrons. The van der Waals surface area contributed by atoms with E-state index in [0.29, 0.717) is 30.0 Å². The van der Waals surface area contributed by atoms with Gasteiger partial charge in [-0.25, -0.2) is 0 Å². The smallest absolute Gasteiger partial charge is 0.255 e. The number of nitrogens with two attached hydrogens (primary N) is 1. The van der Waals surface area contributed by atoms with Crippen molar-refractivity contribution in [2.75, 3.05) is 26.0 Å². The van der Waals surface area contributed by atoms with Crippen LogP contribution in [0.3, 0.4) is 0 Å². The molecule has 0 bridgehead atoms. The first-order valence-electron chi connectivity index (χ1n) is 6.52. The molecule has 0 aliphatic carbocycles. The van der Waals surface area contributed by atoms with E-state index in [4.69, 9.17) is 15.2 Å². The fourth-order valence-corrected chi connectivity index (χ4v) is 2.23. The van der Waals surface area contributed by atoms with Crippen LogP contribution in [-0.2, 0) is 4.74 Å². The SMILES string of the molecule is COc1ccc(N)cc1C(=O)NCC1(O)CCOC1C. The van der Waals surface area contributed by atoms with Gasteiger partial charge in [0.1, 0.15) is 11.4 Å². The average molecular weight is 280 g/mol. The number of hydrogen-bond acceptors (Lipinski definition) is 5. The number of hydrogen-bond donors (Lipinski definition) is 3. The maximum Gasteiger partial charge on any atom is 0.255 e. The molecule has 6 heteroatoms. The van der Waals surface area contributed by atoms with Crippen LogP contribution in [0.2, 0.25) is 0 Å². The van der Waals surface area contributed by atoms with Gasteiger partial charge in [-0.1, -0.05) is 0 Å². The van der Waals surface area contributed by atoms with Gasteiger partial charge in [-0.15, -0.1) is 0 Å². The first-order chi connectivity index (χ1) is 9.46. The van der Waals surface area contributed by atoms with E-state index in [9.17, 15) is 9.90 Å². The van der Waals surface area contributed by atoms with Gasteiger partial charge in [0.2, 0.25) is 0 Å². The van der Waals surface area contributed by atoms with Gasteiger partial charge in [-0.05, 0) is 25.1 Å². The van der Waals surface area contributed by atoms with E-state index in [-0.39, 0.29) is 18.6 Å². The monoisotopic (exact) mass is 280 g/mol. The highest BCUT2D eigenvalue weighted by Crippen LogP contribution is 2.25. The van der Waals surface area contributed by atoms with Crippen molar-refractivity contribution in [2.24, 2.45) is 0 Å². The Balaban J connectivity index is 2.07. The molecule has 2 atom stereocenters. The molecule has 2 rings (SSSR count). The van der Waals surface area contributed by atoms with Crippen LogP contribution in [-0.4, -0.2) is 43.0 Å². The highest BCUT2D eigenvalue weighted by atomic mass is 16.5. The number of methoxy groups -OCH3 is 1. The van der Waals surface area contributed by atoms with E-state index in [1.807, 2.05) is 0 Å². The number of ether oxygens (including phenoxy) is 2. The second-order valence-corrected chi connectivity index (χ2v) is 5.01. The Hall–Kier alpha value is -1.79. The van der Waals surface area contributed by atoms with Gasteiger partial charge in [0.05, 0.1) is 18.8 Å². The summed E-state index contributed by atoms with van der Waals surface area (Å²) in [4.78, 5) is 12.2. The van der Waals surface area contributed by atoms with Crippen LogP contribution < -0.4 is 15.8 Å². The van der Waals surface area contributed by atoms with Crippen LogP contribution in [0.1, 0.15) is 23.7 Å². The molecule has 110 valence electrons. The number of aliphatic hydroxyl groups is 1. The molecule has 0 spiro atoms. The minimum atomic E-state index is -1.02. The Morgan fingerprint density at radius 2 is 2.40 bits per heavy atom. The third-order valence-electron chi connectivity index (χ3n) is 3.68. The van der Waals surface area contributed by atoms with Crippen molar-refractivity contribution < 1.29 is 19.4 Å². The summed E-state index contributed by atoms with van der Waals surface area (Å²) in [5.41, 5.74) is 5.49. The molecule has 1 aliphatic heterocycles. The van der Waals surface area contributed by atoms with Crippen molar-refractivity contribution in [2.45, 2.75) is 25.0 Å². The molecular formula is C14H20N2O4. The van der Waals surface area contributed by atoms with E-state index >= 15 is 0 Å². The van der Waals surface area contributed by atoms with Gasteiger partial charge in [-0.3, -0.25) is 4.79 Å². The van der Waals surface area contributed by atoms with Gasteiger partial charge in [0, 0.05) is 25.3 Å². The molecule has 0 aromatic heterocycles. The van der Waals surface area contributed by atoms with E-state index in [1.54, 1.807) is 25.1 Å². The van der Waals surface area contributed by atoms with Gasteiger partial charge in [0.15, 0.2) is 0 Å². The lowest BCUT2D eigenvalue weighted by atomic mass is 9.96. The number of nitrogens with one attached hydrogen (secondary N) is 1. The Bertz CT molecular complexity index is 506. The summed E-state index contributed by atoms with van der Waals surface area (Å²) in [7, 11) is 1.49. The average Bonchev–Trinajstić information content (AvgIpc) is 2.76. The van der Waals surface area contributed by atoms with Gasteiger partial charge >= 0.3 is 0 Å². The van der Waals surface area contributed by atoms with E-state index in [2.05, 4.69) is 5.32 Å².